The quantitative estimate of drug-likeness (QED) is 0.537. The van der Waals surface area contributed by atoms with Gasteiger partial charge in [0.15, 0.2) is 0 Å². The second-order valence-corrected chi connectivity index (χ2v) is 7.56. The van der Waals surface area contributed by atoms with Crippen LogP contribution in [-0.2, 0) is 6.42 Å². The van der Waals surface area contributed by atoms with Crippen molar-refractivity contribution in [3.63, 3.8) is 0 Å². The van der Waals surface area contributed by atoms with Gasteiger partial charge in [-0.05, 0) is 67.8 Å². The summed E-state index contributed by atoms with van der Waals surface area (Å²) in [4.78, 5) is 12.4. The van der Waals surface area contributed by atoms with Crippen LogP contribution >= 0.6 is 11.6 Å². The van der Waals surface area contributed by atoms with Crippen LogP contribution < -0.4 is 10.1 Å². The summed E-state index contributed by atoms with van der Waals surface area (Å²) in [6.07, 6.45) is 0.810. The molecule has 0 saturated heterocycles. The molecule has 3 rings (SSSR count). The van der Waals surface area contributed by atoms with Gasteiger partial charge in [0.05, 0.1) is 12.2 Å². The number of halogens is 1. The zero-order chi connectivity index (χ0) is 21.0. The molecular weight excluding hydrogens is 386 g/mol. The number of carbonyl (C=O) groups is 1. The molecule has 150 valence electrons. The van der Waals surface area contributed by atoms with Crippen molar-refractivity contribution in [2.24, 2.45) is 0 Å². The number of carbonyl (C=O) groups excluding carboxylic acids is 1. The number of hydrogen-bond donors (Lipinski definition) is 2. The molecule has 0 fully saturated rings. The van der Waals surface area contributed by atoms with E-state index in [1.165, 1.54) is 40.5 Å². The first-order valence-electron chi connectivity index (χ1n) is 9.43. The number of nitrogens with one attached hydrogen (secondary N) is 1. The van der Waals surface area contributed by atoms with Crippen LogP contribution in [0.25, 0.3) is 0 Å². The second kappa shape index (κ2) is 9.01. The van der Waals surface area contributed by atoms with E-state index in [0.29, 0.717) is 23.1 Å². The maximum absolute atomic E-state index is 12.4. The number of aromatic hydroxyl groups is 1. The molecule has 0 atom stereocenters. The lowest BCUT2D eigenvalue weighted by Gasteiger charge is -2.13. The average molecular weight is 410 g/mol. The van der Waals surface area contributed by atoms with E-state index in [1.54, 1.807) is 12.1 Å². The number of benzene rings is 3. The summed E-state index contributed by atoms with van der Waals surface area (Å²) >= 11 is 5.92. The third-order valence-corrected chi connectivity index (χ3v) is 4.99. The van der Waals surface area contributed by atoms with E-state index in [9.17, 15) is 9.90 Å². The van der Waals surface area contributed by atoms with Crippen molar-refractivity contribution in [3.05, 3.63) is 87.4 Å². The average Bonchev–Trinajstić information content (AvgIpc) is 2.66. The highest BCUT2D eigenvalue weighted by Gasteiger charge is 2.12. The van der Waals surface area contributed by atoms with Gasteiger partial charge in [0.1, 0.15) is 11.5 Å². The molecule has 0 aliphatic heterocycles. The Morgan fingerprint density at radius 2 is 1.76 bits per heavy atom. The Labute approximate surface area is 176 Å². The van der Waals surface area contributed by atoms with Crippen LogP contribution in [0.5, 0.6) is 11.5 Å². The number of anilines is 1. The lowest BCUT2D eigenvalue weighted by atomic mass is 9.98. The van der Waals surface area contributed by atoms with Gasteiger partial charge in [-0.25, -0.2) is 0 Å². The number of rotatable bonds is 6. The molecule has 2 N–H and O–H groups in total. The normalized spacial score (nSPS) is 10.6. The van der Waals surface area contributed by atoms with Gasteiger partial charge in [-0.1, -0.05) is 35.4 Å². The number of phenols is 1. The molecule has 0 aliphatic carbocycles. The van der Waals surface area contributed by atoms with Gasteiger partial charge in [0.25, 0.3) is 5.91 Å². The largest absolute Gasteiger partial charge is 0.507 e. The number of aryl methyl sites for hydroxylation is 3. The van der Waals surface area contributed by atoms with E-state index in [2.05, 4.69) is 38.2 Å². The predicted molar refractivity (Wildman–Crippen MR) is 117 cm³/mol. The molecule has 0 bridgehead atoms. The predicted octanol–water partition coefficient (Wildman–Crippen LogP) is 5.84. The summed E-state index contributed by atoms with van der Waals surface area (Å²) in [5.41, 5.74) is 5.81. The van der Waals surface area contributed by atoms with Gasteiger partial charge >= 0.3 is 0 Å². The molecule has 0 aromatic heterocycles. The fraction of sp³-hybridized carbons (Fsp3) is 0.208. The Morgan fingerprint density at radius 3 is 2.48 bits per heavy atom. The first kappa shape index (κ1) is 20.7. The highest BCUT2D eigenvalue weighted by atomic mass is 35.5. The van der Waals surface area contributed by atoms with Crippen LogP contribution in [0.4, 0.5) is 5.69 Å². The molecule has 4 nitrogen and oxygen atoms in total. The van der Waals surface area contributed by atoms with E-state index in [0.717, 1.165) is 6.42 Å². The maximum Gasteiger partial charge on any atom is 0.259 e. The van der Waals surface area contributed by atoms with Crippen molar-refractivity contribution < 1.29 is 14.6 Å². The summed E-state index contributed by atoms with van der Waals surface area (Å²) in [5.74, 6) is 0.108. The molecule has 0 saturated carbocycles. The molecular formula is C24H24ClNO3. The van der Waals surface area contributed by atoms with Crippen molar-refractivity contribution in [1.82, 2.24) is 0 Å². The molecule has 0 spiro atoms. The van der Waals surface area contributed by atoms with Crippen LogP contribution in [0.3, 0.4) is 0 Å². The van der Waals surface area contributed by atoms with Crippen LogP contribution in [0.15, 0.2) is 54.6 Å². The van der Waals surface area contributed by atoms with Crippen molar-refractivity contribution >= 4 is 23.2 Å². The molecule has 0 heterocycles. The number of amides is 1. The van der Waals surface area contributed by atoms with Crippen molar-refractivity contribution in [2.75, 3.05) is 11.9 Å². The summed E-state index contributed by atoms with van der Waals surface area (Å²) in [5, 5.41) is 13.0. The van der Waals surface area contributed by atoms with Crippen molar-refractivity contribution in [1.29, 1.82) is 0 Å². The van der Waals surface area contributed by atoms with Gasteiger partial charge in [-0.2, -0.15) is 0 Å². The maximum atomic E-state index is 12.4. The Balaban J connectivity index is 1.64. The second-order valence-electron chi connectivity index (χ2n) is 7.12. The van der Waals surface area contributed by atoms with Crippen LogP contribution in [0, 0.1) is 20.8 Å². The number of hydrogen-bond acceptors (Lipinski definition) is 3. The molecule has 0 radical (unpaired) electrons. The number of phenolic OH excluding ortho intramolecular Hbond substituents is 1. The zero-order valence-electron chi connectivity index (χ0n) is 16.8. The fourth-order valence-corrected chi connectivity index (χ4v) is 3.60. The Kier molecular flexibility index (Phi) is 6.45. The van der Waals surface area contributed by atoms with Gasteiger partial charge < -0.3 is 15.2 Å². The SMILES string of the molecule is Cc1cc(C)c(CCOc2cccc(NC(=O)c3cc(Cl)ccc3O)c2)c(C)c1. The molecule has 5 heteroatoms. The minimum atomic E-state index is -0.437. The summed E-state index contributed by atoms with van der Waals surface area (Å²) in [6, 6.07) is 15.9. The van der Waals surface area contributed by atoms with Crippen LogP contribution in [0.2, 0.25) is 5.02 Å². The lowest BCUT2D eigenvalue weighted by molar-refractivity contribution is 0.102. The third-order valence-electron chi connectivity index (χ3n) is 4.76. The Bertz CT molecular complexity index is 1020. The highest BCUT2D eigenvalue weighted by Crippen LogP contribution is 2.24. The van der Waals surface area contributed by atoms with E-state index >= 15 is 0 Å². The van der Waals surface area contributed by atoms with Crippen molar-refractivity contribution in [2.45, 2.75) is 27.2 Å². The number of ether oxygens (including phenoxy) is 1. The standard InChI is InChI=1S/C24H24ClNO3/c1-15-11-16(2)21(17(3)12-15)9-10-29-20-6-4-5-19(14-20)26-24(28)22-13-18(25)7-8-23(22)27/h4-8,11-14,27H,9-10H2,1-3H3,(H,26,28). The molecule has 29 heavy (non-hydrogen) atoms. The zero-order valence-corrected chi connectivity index (χ0v) is 17.5. The first-order chi connectivity index (χ1) is 13.8. The fourth-order valence-electron chi connectivity index (χ4n) is 3.43. The van der Waals surface area contributed by atoms with Crippen LogP contribution in [-0.4, -0.2) is 17.6 Å². The molecule has 0 unspecified atom stereocenters. The van der Waals surface area contributed by atoms with Crippen molar-refractivity contribution in [3.8, 4) is 11.5 Å². The van der Waals surface area contributed by atoms with Gasteiger partial charge in [0, 0.05) is 23.2 Å². The van der Waals surface area contributed by atoms with Gasteiger partial charge in [-0.3, -0.25) is 4.79 Å². The van der Waals surface area contributed by atoms with E-state index in [-0.39, 0.29) is 11.3 Å². The third kappa shape index (κ3) is 5.30. The minimum absolute atomic E-state index is 0.120. The van der Waals surface area contributed by atoms with Crippen LogP contribution in [0.1, 0.15) is 32.6 Å². The molecule has 3 aromatic rings. The summed E-state index contributed by atoms with van der Waals surface area (Å²) in [7, 11) is 0. The topological polar surface area (TPSA) is 58.6 Å². The monoisotopic (exact) mass is 409 g/mol. The van der Waals surface area contributed by atoms with E-state index < -0.39 is 5.91 Å². The Hall–Kier alpha value is -2.98. The minimum Gasteiger partial charge on any atom is -0.507 e. The van der Waals surface area contributed by atoms with E-state index in [1.807, 2.05) is 12.1 Å². The summed E-state index contributed by atoms with van der Waals surface area (Å²) < 4.78 is 5.90. The summed E-state index contributed by atoms with van der Waals surface area (Å²) in [6.45, 7) is 6.88. The molecule has 0 aliphatic rings. The molecule has 3 aromatic carbocycles. The first-order valence-corrected chi connectivity index (χ1v) is 9.81. The lowest BCUT2D eigenvalue weighted by Crippen LogP contribution is -2.12. The smallest absolute Gasteiger partial charge is 0.259 e. The van der Waals surface area contributed by atoms with E-state index in [4.69, 9.17) is 16.3 Å². The van der Waals surface area contributed by atoms with Gasteiger partial charge in [0.2, 0.25) is 0 Å². The molecule has 1 amide bonds. The Morgan fingerprint density at radius 1 is 1.03 bits per heavy atom. The van der Waals surface area contributed by atoms with Gasteiger partial charge in [-0.15, -0.1) is 0 Å². The highest BCUT2D eigenvalue weighted by molar-refractivity contribution is 6.31.